The summed E-state index contributed by atoms with van der Waals surface area (Å²) < 4.78 is 15.8. The number of nitrogens with zero attached hydrogens (tertiary/aromatic N) is 2. The number of nitrogens with one attached hydrogen (secondary N) is 1. The van der Waals surface area contributed by atoms with E-state index in [1.807, 2.05) is 24.3 Å². The van der Waals surface area contributed by atoms with Crippen molar-refractivity contribution in [2.45, 2.75) is 17.7 Å². The topological polar surface area (TPSA) is 62.3 Å². The van der Waals surface area contributed by atoms with Gasteiger partial charge in [-0.1, -0.05) is 11.6 Å². The van der Waals surface area contributed by atoms with Crippen LogP contribution in [0.3, 0.4) is 0 Å². The fraction of sp³-hybridized carbons (Fsp3) is 0.182. The second-order valence-electron chi connectivity index (χ2n) is 6.81. The summed E-state index contributed by atoms with van der Waals surface area (Å²) in [6, 6.07) is 15.9. The Labute approximate surface area is 177 Å². The van der Waals surface area contributed by atoms with Crippen LogP contribution in [0, 0.1) is 0 Å². The fourth-order valence-corrected chi connectivity index (χ4v) is 4.42. The summed E-state index contributed by atoms with van der Waals surface area (Å²) in [7, 11) is -1.51. The van der Waals surface area contributed by atoms with Crippen molar-refractivity contribution in [3.63, 3.8) is 0 Å². The maximum Gasteiger partial charge on any atom is 0.195 e. The number of carbonyl (C=O) groups is 1. The van der Waals surface area contributed by atoms with Gasteiger partial charge in [-0.2, -0.15) is 0 Å². The Morgan fingerprint density at radius 3 is 2.38 bits per heavy atom. The number of pyridine rings is 1. The highest BCUT2D eigenvalue weighted by Gasteiger charge is 2.17. The lowest BCUT2D eigenvalue weighted by Gasteiger charge is -2.18. The molecule has 0 radical (unpaired) electrons. The summed E-state index contributed by atoms with van der Waals surface area (Å²) in [5.41, 5.74) is 2.47. The maximum atomic E-state index is 12.9. The number of hydrogen-bond acceptors (Lipinski definition) is 4. The lowest BCUT2D eigenvalue weighted by molar-refractivity contribution is 0.103. The first-order valence-corrected chi connectivity index (χ1v) is 10.9. The van der Waals surface area contributed by atoms with E-state index in [4.69, 9.17) is 11.6 Å². The average molecular weight is 426 g/mol. The number of anilines is 2. The number of benzene rings is 2. The Bertz CT molecular complexity index is 1040. The van der Waals surface area contributed by atoms with Crippen LogP contribution < -0.4 is 9.62 Å². The first kappa shape index (κ1) is 19.6. The molecule has 1 aromatic heterocycles. The molecule has 0 aliphatic carbocycles. The molecule has 1 atom stereocenters. The molecule has 7 heteroatoms. The molecule has 0 amide bonds. The van der Waals surface area contributed by atoms with E-state index in [2.05, 4.69) is 14.6 Å². The van der Waals surface area contributed by atoms with Gasteiger partial charge in [0, 0.05) is 47.3 Å². The number of halogens is 1. The predicted octanol–water partition coefficient (Wildman–Crippen LogP) is 4.70. The smallest absolute Gasteiger partial charge is 0.195 e. The van der Waals surface area contributed by atoms with E-state index in [-0.39, 0.29) is 5.78 Å². The highest BCUT2D eigenvalue weighted by Crippen LogP contribution is 2.26. The van der Waals surface area contributed by atoms with Crippen LogP contribution in [0.15, 0.2) is 71.9 Å². The molecular formula is C22H20ClN3O2S. The highest BCUT2D eigenvalue weighted by molar-refractivity contribution is 7.86. The van der Waals surface area contributed by atoms with Crippen molar-refractivity contribution >= 4 is 39.7 Å². The third-order valence-corrected chi connectivity index (χ3v) is 6.23. The standard InChI is InChI=1S/C22H20ClN3O2S/c23-17-3-8-21(20(15-17)22(27)16-9-11-24-12-10-16)25-29(28)19-6-4-18(5-7-19)26-13-1-2-14-26/h3-12,15,25H,1-2,13-14H2. The van der Waals surface area contributed by atoms with E-state index in [1.54, 1.807) is 42.7 Å². The largest absolute Gasteiger partial charge is 0.372 e. The molecule has 1 aliphatic rings. The van der Waals surface area contributed by atoms with Gasteiger partial charge in [0.05, 0.1) is 10.6 Å². The minimum absolute atomic E-state index is 0.209. The van der Waals surface area contributed by atoms with E-state index in [0.29, 0.717) is 26.7 Å². The number of carbonyl (C=O) groups excluding carboxylic acids is 1. The number of hydrogen-bond donors (Lipinski definition) is 1. The van der Waals surface area contributed by atoms with E-state index >= 15 is 0 Å². The van der Waals surface area contributed by atoms with Crippen molar-refractivity contribution in [1.29, 1.82) is 0 Å². The van der Waals surface area contributed by atoms with E-state index in [9.17, 15) is 9.00 Å². The molecule has 2 aromatic carbocycles. The summed E-state index contributed by atoms with van der Waals surface area (Å²) >= 11 is 6.11. The van der Waals surface area contributed by atoms with Crippen LogP contribution in [0.25, 0.3) is 0 Å². The van der Waals surface area contributed by atoms with Crippen molar-refractivity contribution in [3.05, 3.63) is 83.1 Å². The van der Waals surface area contributed by atoms with Crippen LogP contribution in [0.2, 0.25) is 5.02 Å². The van der Waals surface area contributed by atoms with Crippen LogP contribution >= 0.6 is 11.6 Å². The van der Waals surface area contributed by atoms with Gasteiger partial charge in [-0.05, 0) is 67.4 Å². The molecule has 1 N–H and O–H groups in total. The van der Waals surface area contributed by atoms with Gasteiger partial charge in [-0.25, -0.2) is 4.21 Å². The molecule has 1 fully saturated rings. The molecule has 0 spiro atoms. The van der Waals surface area contributed by atoms with Crippen LogP contribution in [-0.4, -0.2) is 28.1 Å². The third kappa shape index (κ3) is 4.49. The minimum atomic E-state index is -1.51. The normalized spacial score (nSPS) is 14.6. The molecule has 0 bridgehead atoms. The molecule has 0 saturated carbocycles. The molecule has 1 aliphatic heterocycles. The van der Waals surface area contributed by atoms with Crippen LogP contribution in [0.1, 0.15) is 28.8 Å². The summed E-state index contributed by atoms with van der Waals surface area (Å²) in [6.07, 6.45) is 5.54. The predicted molar refractivity (Wildman–Crippen MR) is 117 cm³/mol. The van der Waals surface area contributed by atoms with Crippen molar-refractivity contribution in [2.24, 2.45) is 0 Å². The van der Waals surface area contributed by atoms with E-state index in [1.165, 1.54) is 12.8 Å². The zero-order chi connectivity index (χ0) is 20.2. The molecule has 1 unspecified atom stereocenters. The Hall–Kier alpha value is -2.70. The number of rotatable bonds is 6. The molecule has 3 aromatic rings. The first-order chi connectivity index (χ1) is 14.1. The van der Waals surface area contributed by atoms with Crippen LogP contribution in [0.4, 0.5) is 11.4 Å². The van der Waals surface area contributed by atoms with Crippen LogP contribution in [-0.2, 0) is 11.0 Å². The summed E-state index contributed by atoms with van der Waals surface area (Å²) in [5.74, 6) is -0.209. The molecule has 148 valence electrons. The number of ketones is 1. The molecule has 29 heavy (non-hydrogen) atoms. The molecule has 1 saturated heterocycles. The summed E-state index contributed by atoms with van der Waals surface area (Å²) in [6.45, 7) is 2.12. The van der Waals surface area contributed by atoms with Gasteiger partial charge in [0.15, 0.2) is 5.78 Å². The minimum Gasteiger partial charge on any atom is -0.372 e. The second kappa shape index (κ2) is 8.76. The molecule has 5 nitrogen and oxygen atoms in total. The van der Waals surface area contributed by atoms with Crippen molar-refractivity contribution < 1.29 is 9.00 Å². The Kier molecular flexibility index (Phi) is 5.92. The molecule has 2 heterocycles. The Morgan fingerprint density at radius 2 is 1.69 bits per heavy atom. The van der Waals surface area contributed by atoms with Gasteiger partial charge in [0.25, 0.3) is 0 Å². The fourth-order valence-electron chi connectivity index (χ4n) is 3.37. The van der Waals surface area contributed by atoms with Gasteiger partial charge in [-0.3, -0.25) is 9.78 Å². The van der Waals surface area contributed by atoms with E-state index in [0.717, 1.165) is 18.8 Å². The second-order valence-corrected chi connectivity index (χ2v) is 8.46. The van der Waals surface area contributed by atoms with Gasteiger partial charge in [0.2, 0.25) is 0 Å². The molecule has 4 rings (SSSR count). The Morgan fingerprint density at radius 1 is 1.00 bits per heavy atom. The Balaban J connectivity index is 1.56. The van der Waals surface area contributed by atoms with Gasteiger partial charge < -0.3 is 9.62 Å². The van der Waals surface area contributed by atoms with E-state index < -0.39 is 11.0 Å². The monoisotopic (exact) mass is 425 g/mol. The van der Waals surface area contributed by atoms with Crippen molar-refractivity contribution in [1.82, 2.24) is 4.98 Å². The van der Waals surface area contributed by atoms with Gasteiger partial charge >= 0.3 is 0 Å². The van der Waals surface area contributed by atoms with Crippen molar-refractivity contribution in [3.8, 4) is 0 Å². The maximum absolute atomic E-state index is 12.9. The van der Waals surface area contributed by atoms with Crippen molar-refractivity contribution in [2.75, 3.05) is 22.7 Å². The summed E-state index contributed by atoms with van der Waals surface area (Å²) in [5, 5.41) is 0.439. The lowest BCUT2D eigenvalue weighted by Crippen LogP contribution is -2.17. The quantitative estimate of drug-likeness (QED) is 0.581. The summed E-state index contributed by atoms with van der Waals surface area (Å²) in [4.78, 5) is 19.8. The number of aromatic nitrogens is 1. The first-order valence-electron chi connectivity index (χ1n) is 9.39. The average Bonchev–Trinajstić information content (AvgIpc) is 3.30. The highest BCUT2D eigenvalue weighted by atomic mass is 35.5. The zero-order valence-electron chi connectivity index (χ0n) is 15.7. The zero-order valence-corrected chi connectivity index (χ0v) is 17.2. The lowest BCUT2D eigenvalue weighted by atomic mass is 10.0. The van der Waals surface area contributed by atoms with Crippen LogP contribution in [0.5, 0.6) is 0 Å². The molecular weight excluding hydrogens is 406 g/mol. The van der Waals surface area contributed by atoms with Gasteiger partial charge in [0.1, 0.15) is 11.0 Å². The SMILES string of the molecule is O=C(c1ccncc1)c1cc(Cl)ccc1NS(=O)c1ccc(N2CCCC2)cc1. The van der Waals surface area contributed by atoms with Gasteiger partial charge in [-0.15, -0.1) is 0 Å². The third-order valence-electron chi connectivity index (χ3n) is 4.89.